The minimum Gasteiger partial charge on any atom is -0.451 e. The zero-order valence-corrected chi connectivity index (χ0v) is 17.1. The van der Waals surface area contributed by atoms with E-state index in [0.29, 0.717) is 43.3 Å². The number of likely N-dealkylation sites (tertiary alicyclic amines) is 1. The highest BCUT2D eigenvalue weighted by atomic mass is 19.1. The number of benzene rings is 2. The normalized spacial score (nSPS) is 14.4. The highest BCUT2D eigenvalue weighted by Gasteiger charge is 2.26. The molecule has 3 amide bonds. The Hall–Kier alpha value is -3.75. The van der Waals surface area contributed by atoms with E-state index in [2.05, 4.69) is 10.6 Å². The molecule has 1 aromatic heterocycles. The van der Waals surface area contributed by atoms with Gasteiger partial charge in [-0.3, -0.25) is 14.4 Å². The molecule has 32 heavy (non-hydrogen) atoms. The second kappa shape index (κ2) is 9.17. The maximum atomic E-state index is 13.6. The first-order valence-electron chi connectivity index (χ1n) is 10.2. The molecule has 0 radical (unpaired) electrons. The summed E-state index contributed by atoms with van der Waals surface area (Å²) in [6.07, 6.45) is 1.31. The van der Waals surface area contributed by atoms with Crippen molar-refractivity contribution in [2.45, 2.75) is 12.8 Å². The van der Waals surface area contributed by atoms with Crippen LogP contribution in [-0.4, -0.2) is 42.3 Å². The Labute approximate surface area is 182 Å². The van der Waals surface area contributed by atoms with Crippen molar-refractivity contribution in [1.82, 2.24) is 10.2 Å². The van der Waals surface area contributed by atoms with Gasteiger partial charge in [0.2, 0.25) is 0 Å². The molecule has 1 aliphatic rings. The molecular weight excluding hydrogens is 420 g/mol. The van der Waals surface area contributed by atoms with Gasteiger partial charge in [0.1, 0.15) is 17.2 Å². The number of anilines is 1. The van der Waals surface area contributed by atoms with Crippen LogP contribution in [0.4, 0.5) is 14.5 Å². The lowest BCUT2D eigenvalue weighted by Gasteiger charge is -2.31. The molecule has 0 atom stereocenters. The maximum absolute atomic E-state index is 13.6. The number of rotatable bonds is 4. The Morgan fingerprint density at radius 3 is 2.47 bits per heavy atom. The van der Waals surface area contributed by atoms with Gasteiger partial charge in [-0.05, 0) is 43.0 Å². The van der Waals surface area contributed by atoms with Gasteiger partial charge >= 0.3 is 11.8 Å². The second-order valence-corrected chi connectivity index (χ2v) is 7.67. The van der Waals surface area contributed by atoms with Crippen LogP contribution in [0.15, 0.2) is 52.9 Å². The number of piperidine rings is 1. The van der Waals surface area contributed by atoms with Crippen molar-refractivity contribution < 1.29 is 27.6 Å². The molecule has 1 saturated heterocycles. The van der Waals surface area contributed by atoms with E-state index in [9.17, 15) is 23.2 Å². The number of nitrogens with zero attached hydrogens (tertiary/aromatic N) is 1. The third kappa shape index (κ3) is 4.77. The molecule has 2 aromatic carbocycles. The lowest BCUT2D eigenvalue weighted by Crippen LogP contribution is -2.43. The second-order valence-electron chi connectivity index (χ2n) is 7.67. The molecule has 2 heterocycles. The summed E-state index contributed by atoms with van der Waals surface area (Å²) >= 11 is 0. The molecule has 1 aliphatic heterocycles. The maximum Gasteiger partial charge on any atom is 0.313 e. The Morgan fingerprint density at radius 2 is 1.75 bits per heavy atom. The summed E-state index contributed by atoms with van der Waals surface area (Å²) in [5, 5.41) is 5.52. The summed E-state index contributed by atoms with van der Waals surface area (Å²) in [4.78, 5) is 38.4. The lowest BCUT2D eigenvalue weighted by atomic mass is 9.96. The van der Waals surface area contributed by atoms with Crippen LogP contribution in [0.1, 0.15) is 23.4 Å². The predicted octanol–water partition coefficient (Wildman–Crippen LogP) is 3.32. The lowest BCUT2D eigenvalue weighted by molar-refractivity contribution is -0.136. The van der Waals surface area contributed by atoms with Gasteiger partial charge in [-0.1, -0.05) is 18.2 Å². The number of nitrogens with one attached hydrogen (secondary N) is 2. The Balaban J connectivity index is 1.24. The average molecular weight is 441 g/mol. The van der Waals surface area contributed by atoms with Gasteiger partial charge in [-0.2, -0.15) is 0 Å². The first kappa shape index (κ1) is 21.5. The number of para-hydroxylation sites is 1. The van der Waals surface area contributed by atoms with Crippen LogP contribution >= 0.6 is 0 Å². The van der Waals surface area contributed by atoms with Crippen LogP contribution in [-0.2, 0) is 9.59 Å². The van der Waals surface area contributed by atoms with Crippen LogP contribution in [0.25, 0.3) is 11.0 Å². The van der Waals surface area contributed by atoms with Crippen molar-refractivity contribution in [2.24, 2.45) is 5.92 Å². The number of hydrogen-bond acceptors (Lipinski definition) is 4. The first-order valence-corrected chi connectivity index (χ1v) is 10.2. The Morgan fingerprint density at radius 1 is 1.00 bits per heavy atom. The summed E-state index contributed by atoms with van der Waals surface area (Å²) in [6.45, 7) is 1.26. The van der Waals surface area contributed by atoms with E-state index >= 15 is 0 Å². The highest BCUT2D eigenvalue weighted by molar-refractivity contribution is 6.39. The van der Waals surface area contributed by atoms with Crippen molar-refractivity contribution >= 4 is 34.4 Å². The van der Waals surface area contributed by atoms with Gasteiger partial charge in [0, 0.05) is 31.1 Å². The monoisotopic (exact) mass is 441 g/mol. The van der Waals surface area contributed by atoms with Crippen molar-refractivity contribution in [3.63, 3.8) is 0 Å². The van der Waals surface area contributed by atoms with Crippen molar-refractivity contribution in [3.8, 4) is 0 Å². The van der Waals surface area contributed by atoms with Crippen molar-refractivity contribution in [3.05, 3.63) is 65.9 Å². The van der Waals surface area contributed by atoms with Crippen LogP contribution in [0.5, 0.6) is 0 Å². The van der Waals surface area contributed by atoms with Gasteiger partial charge in [0.05, 0.1) is 5.69 Å². The molecule has 9 heteroatoms. The SMILES string of the molecule is O=C(NCC1CCN(C(=O)c2cc3ccccc3o2)CC1)C(=O)Nc1ccc(F)cc1F. The van der Waals surface area contributed by atoms with E-state index < -0.39 is 23.4 Å². The smallest absolute Gasteiger partial charge is 0.313 e. The molecular formula is C23H21F2N3O4. The molecule has 4 rings (SSSR count). The van der Waals surface area contributed by atoms with E-state index in [0.717, 1.165) is 17.5 Å². The first-order chi connectivity index (χ1) is 15.4. The molecule has 7 nitrogen and oxygen atoms in total. The third-order valence-electron chi connectivity index (χ3n) is 5.47. The molecule has 0 spiro atoms. The van der Waals surface area contributed by atoms with Crippen molar-refractivity contribution in [1.29, 1.82) is 0 Å². The van der Waals surface area contributed by atoms with E-state index in [1.807, 2.05) is 24.3 Å². The number of hydrogen-bond donors (Lipinski definition) is 2. The van der Waals surface area contributed by atoms with Crippen LogP contribution in [0.3, 0.4) is 0 Å². The average Bonchev–Trinajstić information content (AvgIpc) is 3.23. The summed E-state index contributed by atoms with van der Waals surface area (Å²) in [5.41, 5.74) is 0.385. The van der Waals surface area contributed by atoms with Crippen molar-refractivity contribution in [2.75, 3.05) is 25.0 Å². The van der Waals surface area contributed by atoms with Crippen LogP contribution in [0.2, 0.25) is 0 Å². The summed E-state index contributed by atoms with van der Waals surface area (Å²) in [6, 6.07) is 11.8. The number of carbonyl (C=O) groups excluding carboxylic acids is 3. The standard InChI is InChI=1S/C23H21F2N3O4/c24-16-5-6-18(17(25)12-16)27-22(30)21(29)26-13-14-7-9-28(10-8-14)23(31)20-11-15-3-1-2-4-19(15)32-20/h1-6,11-12,14H,7-10,13H2,(H,26,29)(H,27,30). The number of furan rings is 1. The Kier molecular flexibility index (Phi) is 6.16. The Bertz CT molecular complexity index is 1140. The van der Waals surface area contributed by atoms with E-state index in [4.69, 9.17) is 4.42 Å². The van der Waals surface area contributed by atoms with E-state index in [-0.39, 0.29) is 24.1 Å². The molecule has 0 bridgehead atoms. The van der Waals surface area contributed by atoms with Gasteiger partial charge in [0.25, 0.3) is 5.91 Å². The topological polar surface area (TPSA) is 91.7 Å². The number of halogens is 2. The summed E-state index contributed by atoms with van der Waals surface area (Å²) in [7, 11) is 0. The molecule has 1 fully saturated rings. The number of amides is 3. The molecule has 2 N–H and O–H groups in total. The number of fused-ring (bicyclic) bond motifs is 1. The largest absolute Gasteiger partial charge is 0.451 e. The van der Waals surface area contributed by atoms with E-state index in [1.165, 1.54) is 0 Å². The quantitative estimate of drug-likeness (QED) is 0.608. The number of carbonyl (C=O) groups is 3. The van der Waals surface area contributed by atoms with E-state index in [1.54, 1.807) is 11.0 Å². The highest BCUT2D eigenvalue weighted by Crippen LogP contribution is 2.23. The van der Waals surface area contributed by atoms with Gasteiger partial charge in [0.15, 0.2) is 5.76 Å². The molecule has 0 aliphatic carbocycles. The minimum atomic E-state index is -1.03. The molecule has 166 valence electrons. The fraction of sp³-hybridized carbons (Fsp3) is 0.261. The minimum absolute atomic E-state index is 0.0917. The molecule has 0 saturated carbocycles. The van der Waals surface area contributed by atoms with Crippen LogP contribution < -0.4 is 10.6 Å². The van der Waals surface area contributed by atoms with Gasteiger partial charge in [-0.25, -0.2) is 8.78 Å². The van der Waals surface area contributed by atoms with Gasteiger partial charge < -0.3 is 20.0 Å². The molecule has 0 unspecified atom stereocenters. The predicted molar refractivity (Wildman–Crippen MR) is 113 cm³/mol. The zero-order valence-electron chi connectivity index (χ0n) is 17.1. The summed E-state index contributed by atoms with van der Waals surface area (Å²) in [5.74, 6) is -3.48. The van der Waals surface area contributed by atoms with Gasteiger partial charge in [-0.15, -0.1) is 0 Å². The molecule has 3 aromatic rings. The zero-order chi connectivity index (χ0) is 22.7. The fourth-order valence-electron chi connectivity index (χ4n) is 3.67. The fourth-order valence-corrected chi connectivity index (χ4v) is 3.67. The summed E-state index contributed by atoms with van der Waals surface area (Å²) < 4.78 is 32.2. The van der Waals surface area contributed by atoms with Crippen LogP contribution in [0, 0.1) is 17.6 Å². The third-order valence-corrected chi connectivity index (χ3v) is 5.47.